The molecule has 22 heavy (non-hydrogen) atoms. The average molecular weight is 367 g/mol. The van der Waals surface area contributed by atoms with E-state index in [2.05, 4.69) is 10.6 Å². The molecule has 0 aliphatic heterocycles. The van der Waals surface area contributed by atoms with Crippen LogP contribution in [0.5, 0.6) is 0 Å². The summed E-state index contributed by atoms with van der Waals surface area (Å²) in [5.41, 5.74) is 0. The molecule has 0 saturated carbocycles. The van der Waals surface area contributed by atoms with E-state index in [9.17, 15) is 18.0 Å². The zero-order valence-corrected chi connectivity index (χ0v) is 14.2. The van der Waals surface area contributed by atoms with Gasteiger partial charge in [0.2, 0.25) is 11.8 Å². The van der Waals surface area contributed by atoms with Crippen LogP contribution < -0.4 is 10.6 Å². The number of carbonyl (C=O) groups is 2. The number of hydrogen-bond acceptors (Lipinski definition) is 4. The summed E-state index contributed by atoms with van der Waals surface area (Å²) in [6, 6.07) is 4.00. The Labute approximate surface area is 139 Å². The quantitative estimate of drug-likeness (QED) is 0.713. The molecule has 1 aromatic carbocycles. The van der Waals surface area contributed by atoms with Crippen LogP contribution in [-0.4, -0.2) is 39.1 Å². The third kappa shape index (κ3) is 6.21. The summed E-state index contributed by atoms with van der Waals surface area (Å²) < 4.78 is 24.2. The van der Waals surface area contributed by atoms with Gasteiger partial charge in [-0.15, -0.1) is 0 Å². The minimum atomic E-state index is -3.61. The van der Waals surface area contributed by atoms with Crippen LogP contribution in [0.3, 0.4) is 0 Å². The van der Waals surface area contributed by atoms with Gasteiger partial charge in [0.15, 0.2) is 9.84 Å². The molecule has 0 saturated heterocycles. The van der Waals surface area contributed by atoms with Gasteiger partial charge in [-0.25, -0.2) is 8.42 Å². The van der Waals surface area contributed by atoms with Gasteiger partial charge >= 0.3 is 0 Å². The fraction of sp³-hybridized carbons (Fsp3) is 0.385. The monoisotopic (exact) mass is 366 g/mol. The zero-order valence-electron chi connectivity index (χ0n) is 11.9. The van der Waals surface area contributed by atoms with Crippen molar-refractivity contribution in [3.05, 3.63) is 28.2 Å². The van der Waals surface area contributed by atoms with E-state index in [0.717, 1.165) is 0 Å². The summed E-state index contributed by atoms with van der Waals surface area (Å²) >= 11 is 11.5. The second-order valence-electron chi connectivity index (χ2n) is 4.48. The number of amides is 2. The molecule has 1 rings (SSSR count). The third-order valence-electron chi connectivity index (χ3n) is 2.67. The summed E-state index contributed by atoms with van der Waals surface area (Å²) in [5, 5.41) is 5.43. The highest BCUT2D eigenvalue weighted by molar-refractivity contribution is 7.91. The fourth-order valence-corrected chi connectivity index (χ4v) is 3.17. The van der Waals surface area contributed by atoms with Crippen LogP contribution in [0.15, 0.2) is 23.1 Å². The Bertz CT molecular complexity index is 662. The molecule has 122 valence electrons. The molecule has 9 heteroatoms. The lowest BCUT2D eigenvalue weighted by Crippen LogP contribution is -2.34. The van der Waals surface area contributed by atoms with Gasteiger partial charge in [-0.05, 0) is 18.2 Å². The Balaban J connectivity index is 2.50. The Morgan fingerprint density at radius 1 is 1.09 bits per heavy atom. The van der Waals surface area contributed by atoms with Crippen molar-refractivity contribution in [2.45, 2.75) is 18.2 Å². The summed E-state index contributed by atoms with van der Waals surface area (Å²) in [7, 11) is -3.61. The molecule has 0 atom stereocenters. The molecule has 0 aliphatic carbocycles. The number of sulfone groups is 1. The van der Waals surface area contributed by atoms with Gasteiger partial charge in [0, 0.05) is 26.4 Å². The van der Waals surface area contributed by atoms with Crippen LogP contribution in [0.25, 0.3) is 0 Å². The summed E-state index contributed by atoms with van der Waals surface area (Å²) in [5.74, 6) is -0.942. The zero-order chi connectivity index (χ0) is 16.8. The Morgan fingerprint density at radius 2 is 1.73 bits per heavy atom. The normalized spacial score (nSPS) is 11.0. The van der Waals surface area contributed by atoms with Crippen molar-refractivity contribution in [2.24, 2.45) is 0 Å². The van der Waals surface area contributed by atoms with Gasteiger partial charge in [-0.1, -0.05) is 23.2 Å². The lowest BCUT2D eigenvalue weighted by atomic mass is 10.4. The van der Waals surface area contributed by atoms with Crippen molar-refractivity contribution in [1.82, 2.24) is 10.6 Å². The van der Waals surface area contributed by atoms with E-state index in [1.165, 1.54) is 25.1 Å². The number of nitrogens with one attached hydrogen (secondary N) is 2. The van der Waals surface area contributed by atoms with Gasteiger partial charge in [-0.2, -0.15) is 0 Å². The molecule has 6 nitrogen and oxygen atoms in total. The van der Waals surface area contributed by atoms with Crippen molar-refractivity contribution in [3.8, 4) is 0 Å². The highest BCUT2D eigenvalue weighted by Gasteiger charge is 2.17. The lowest BCUT2D eigenvalue weighted by Gasteiger charge is -2.07. The molecule has 1 aromatic rings. The highest BCUT2D eigenvalue weighted by Crippen LogP contribution is 2.25. The van der Waals surface area contributed by atoms with Crippen LogP contribution in [0.2, 0.25) is 10.0 Å². The predicted molar refractivity (Wildman–Crippen MR) is 84.8 cm³/mol. The van der Waals surface area contributed by atoms with Crippen molar-refractivity contribution in [1.29, 1.82) is 0 Å². The number of halogens is 2. The molecule has 0 fully saturated rings. The van der Waals surface area contributed by atoms with E-state index >= 15 is 0 Å². The van der Waals surface area contributed by atoms with E-state index < -0.39 is 15.7 Å². The number of carbonyl (C=O) groups excluding carboxylic acids is 2. The van der Waals surface area contributed by atoms with Crippen LogP contribution in [0.4, 0.5) is 0 Å². The van der Waals surface area contributed by atoms with Crippen LogP contribution in [0, 0.1) is 0 Å². The summed E-state index contributed by atoms with van der Waals surface area (Å²) in [6.07, 6.45) is -0.178. The number of benzene rings is 1. The first kappa shape index (κ1) is 18.7. The minimum Gasteiger partial charge on any atom is -0.355 e. The smallest absolute Gasteiger partial charge is 0.221 e. The van der Waals surface area contributed by atoms with Crippen LogP contribution in [0.1, 0.15) is 13.3 Å². The molecule has 0 heterocycles. The topological polar surface area (TPSA) is 92.3 Å². The Hall–Kier alpha value is -1.31. The molecule has 0 aliphatic rings. The fourth-order valence-electron chi connectivity index (χ4n) is 1.54. The molecule has 2 amide bonds. The second-order valence-corrected chi connectivity index (χ2v) is 7.40. The average Bonchev–Trinajstić information content (AvgIpc) is 2.44. The van der Waals surface area contributed by atoms with Crippen molar-refractivity contribution < 1.29 is 18.0 Å². The molecule has 0 radical (unpaired) electrons. The highest BCUT2D eigenvalue weighted by atomic mass is 35.5. The molecule has 2 N–H and O–H groups in total. The molecule has 0 bridgehead atoms. The predicted octanol–water partition coefficient (Wildman–Crippen LogP) is 1.41. The van der Waals surface area contributed by atoms with Gasteiger partial charge in [0.1, 0.15) is 0 Å². The SMILES string of the molecule is CC(=O)NCCNC(=O)CCS(=O)(=O)c1ccc(Cl)c(Cl)c1. The second kappa shape index (κ2) is 8.36. The summed E-state index contributed by atoms with van der Waals surface area (Å²) in [6.45, 7) is 1.90. The van der Waals surface area contributed by atoms with Crippen molar-refractivity contribution in [3.63, 3.8) is 0 Å². The Morgan fingerprint density at radius 3 is 2.32 bits per heavy atom. The maximum Gasteiger partial charge on any atom is 0.221 e. The standard InChI is InChI=1S/C13H16Cl2N2O4S/c1-9(18)16-5-6-17-13(19)4-7-22(20,21)10-2-3-11(14)12(15)8-10/h2-3,8H,4-7H2,1H3,(H,16,18)(H,17,19). The van der Waals surface area contributed by atoms with Gasteiger partial charge in [0.05, 0.1) is 20.7 Å². The maximum atomic E-state index is 12.1. The van der Waals surface area contributed by atoms with E-state index in [1.807, 2.05) is 0 Å². The number of rotatable bonds is 7. The Kier molecular flexibility index (Phi) is 7.12. The summed E-state index contributed by atoms with van der Waals surface area (Å²) in [4.78, 5) is 22.2. The third-order valence-corrected chi connectivity index (χ3v) is 5.12. The molecule has 0 spiro atoms. The minimum absolute atomic E-state index is 0.0212. The lowest BCUT2D eigenvalue weighted by molar-refractivity contribution is -0.121. The molecular weight excluding hydrogens is 351 g/mol. The van der Waals surface area contributed by atoms with E-state index in [0.29, 0.717) is 6.54 Å². The van der Waals surface area contributed by atoms with Crippen molar-refractivity contribution in [2.75, 3.05) is 18.8 Å². The largest absolute Gasteiger partial charge is 0.355 e. The first-order chi connectivity index (χ1) is 10.2. The maximum absolute atomic E-state index is 12.1. The molecule has 0 unspecified atom stereocenters. The first-order valence-electron chi connectivity index (χ1n) is 6.41. The first-order valence-corrected chi connectivity index (χ1v) is 8.82. The van der Waals surface area contributed by atoms with Gasteiger partial charge in [-0.3, -0.25) is 9.59 Å². The van der Waals surface area contributed by atoms with Gasteiger partial charge in [0.25, 0.3) is 0 Å². The van der Waals surface area contributed by atoms with Gasteiger partial charge < -0.3 is 10.6 Å². The molecule has 0 aromatic heterocycles. The van der Waals surface area contributed by atoms with E-state index in [-0.39, 0.29) is 39.6 Å². The van der Waals surface area contributed by atoms with Crippen LogP contribution >= 0.6 is 23.2 Å². The van der Waals surface area contributed by atoms with E-state index in [4.69, 9.17) is 23.2 Å². The van der Waals surface area contributed by atoms with E-state index in [1.54, 1.807) is 0 Å². The molecular formula is C13H16Cl2N2O4S. The van der Waals surface area contributed by atoms with Crippen LogP contribution in [-0.2, 0) is 19.4 Å². The number of hydrogen-bond donors (Lipinski definition) is 2. The van der Waals surface area contributed by atoms with Crippen molar-refractivity contribution >= 4 is 44.9 Å².